The number of aryl methyl sites for hydroxylation is 1. The van der Waals surface area contributed by atoms with Gasteiger partial charge in [-0.25, -0.2) is 24.0 Å². The number of nitrogens with two attached hydrogens (primary N) is 1. The standard InChI is InChI=1S/C11H10F3N5/c1-5-4-16-11(19-15)18-10(5)17-8-3-6(12)2-7(13)9(8)14/h2-4H,15H2,1H3,(H2,16,17,18,19). The van der Waals surface area contributed by atoms with Crippen LogP contribution in [0.1, 0.15) is 5.56 Å². The van der Waals surface area contributed by atoms with Crippen molar-refractivity contribution in [3.63, 3.8) is 0 Å². The van der Waals surface area contributed by atoms with Crippen molar-refractivity contribution in [1.82, 2.24) is 9.97 Å². The quantitative estimate of drug-likeness (QED) is 0.452. The van der Waals surface area contributed by atoms with Gasteiger partial charge in [0.25, 0.3) is 0 Å². The van der Waals surface area contributed by atoms with E-state index < -0.39 is 17.5 Å². The highest BCUT2D eigenvalue weighted by Gasteiger charge is 2.13. The minimum atomic E-state index is -1.29. The molecule has 4 N–H and O–H groups in total. The second-order valence-electron chi connectivity index (χ2n) is 3.74. The summed E-state index contributed by atoms with van der Waals surface area (Å²) in [6.45, 7) is 1.65. The summed E-state index contributed by atoms with van der Waals surface area (Å²) in [6, 6.07) is 1.29. The van der Waals surface area contributed by atoms with Gasteiger partial charge in [-0.1, -0.05) is 0 Å². The van der Waals surface area contributed by atoms with E-state index in [0.717, 1.165) is 6.07 Å². The number of nitrogens with one attached hydrogen (secondary N) is 2. The first-order chi connectivity index (χ1) is 9.01. The van der Waals surface area contributed by atoms with Crippen molar-refractivity contribution in [2.45, 2.75) is 6.92 Å². The molecule has 1 heterocycles. The molecule has 0 fully saturated rings. The number of hydrogen-bond donors (Lipinski definition) is 3. The summed E-state index contributed by atoms with van der Waals surface area (Å²) in [5.41, 5.74) is 2.41. The lowest BCUT2D eigenvalue weighted by atomic mass is 10.2. The molecule has 0 aliphatic heterocycles. The summed E-state index contributed by atoms with van der Waals surface area (Å²) in [7, 11) is 0. The maximum Gasteiger partial charge on any atom is 0.239 e. The van der Waals surface area contributed by atoms with Crippen LogP contribution in [0, 0.1) is 24.4 Å². The highest BCUT2D eigenvalue weighted by atomic mass is 19.2. The second kappa shape index (κ2) is 5.11. The van der Waals surface area contributed by atoms with Crippen LogP contribution in [0.3, 0.4) is 0 Å². The molecule has 0 aliphatic rings. The monoisotopic (exact) mass is 269 g/mol. The highest BCUT2D eigenvalue weighted by molar-refractivity contribution is 5.60. The number of hydrogen-bond acceptors (Lipinski definition) is 5. The van der Waals surface area contributed by atoms with Crippen LogP contribution in [-0.2, 0) is 0 Å². The molecule has 19 heavy (non-hydrogen) atoms. The summed E-state index contributed by atoms with van der Waals surface area (Å²) < 4.78 is 39.6. The zero-order chi connectivity index (χ0) is 14.0. The third-order valence-corrected chi connectivity index (χ3v) is 2.35. The summed E-state index contributed by atoms with van der Waals surface area (Å²) in [5.74, 6) is 2.04. The first-order valence-electron chi connectivity index (χ1n) is 5.23. The van der Waals surface area contributed by atoms with E-state index in [-0.39, 0.29) is 17.5 Å². The molecule has 5 nitrogen and oxygen atoms in total. The number of anilines is 3. The van der Waals surface area contributed by atoms with Gasteiger partial charge in [-0.3, -0.25) is 5.43 Å². The van der Waals surface area contributed by atoms with Crippen LogP contribution in [0.5, 0.6) is 0 Å². The molecule has 2 rings (SSSR count). The number of nitrogens with zero attached hydrogens (tertiary/aromatic N) is 2. The summed E-state index contributed by atoms with van der Waals surface area (Å²) in [5, 5.41) is 2.50. The Labute approximate surface area is 106 Å². The zero-order valence-corrected chi connectivity index (χ0v) is 9.84. The number of nitrogen functional groups attached to an aromatic ring is 1. The van der Waals surface area contributed by atoms with E-state index in [1.807, 2.05) is 0 Å². The lowest BCUT2D eigenvalue weighted by molar-refractivity contribution is 0.498. The van der Waals surface area contributed by atoms with Gasteiger partial charge in [0.15, 0.2) is 11.6 Å². The van der Waals surface area contributed by atoms with Crippen LogP contribution in [-0.4, -0.2) is 9.97 Å². The zero-order valence-electron chi connectivity index (χ0n) is 9.84. The average molecular weight is 269 g/mol. The highest BCUT2D eigenvalue weighted by Crippen LogP contribution is 2.24. The number of rotatable bonds is 3. The van der Waals surface area contributed by atoms with Crippen molar-refractivity contribution in [3.8, 4) is 0 Å². The van der Waals surface area contributed by atoms with Crippen molar-refractivity contribution < 1.29 is 13.2 Å². The molecule has 0 saturated carbocycles. The van der Waals surface area contributed by atoms with Gasteiger partial charge in [-0.15, -0.1) is 0 Å². The van der Waals surface area contributed by atoms with E-state index in [4.69, 9.17) is 5.84 Å². The summed E-state index contributed by atoms with van der Waals surface area (Å²) in [4.78, 5) is 7.74. The molecule has 1 aromatic heterocycles. The van der Waals surface area contributed by atoms with E-state index >= 15 is 0 Å². The second-order valence-corrected chi connectivity index (χ2v) is 3.74. The van der Waals surface area contributed by atoms with Crippen molar-refractivity contribution in [2.24, 2.45) is 5.84 Å². The largest absolute Gasteiger partial charge is 0.337 e. The van der Waals surface area contributed by atoms with Gasteiger partial charge in [0.1, 0.15) is 11.6 Å². The van der Waals surface area contributed by atoms with Gasteiger partial charge >= 0.3 is 0 Å². The van der Waals surface area contributed by atoms with Gasteiger partial charge in [0.05, 0.1) is 5.69 Å². The first-order valence-corrected chi connectivity index (χ1v) is 5.23. The van der Waals surface area contributed by atoms with Gasteiger partial charge in [0, 0.05) is 23.9 Å². The van der Waals surface area contributed by atoms with Gasteiger partial charge in [-0.2, -0.15) is 4.98 Å². The van der Waals surface area contributed by atoms with Crippen molar-refractivity contribution in [3.05, 3.63) is 41.3 Å². The Morgan fingerprint density at radius 2 is 1.95 bits per heavy atom. The van der Waals surface area contributed by atoms with Crippen molar-refractivity contribution >= 4 is 17.5 Å². The molecule has 0 saturated heterocycles. The number of hydrazine groups is 1. The number of benzene rings is 1. The van der Waals surface area contributed by atoms with Crippen LogP contribution < -0.4 is 16.6 Å². The Balaban J connectivity index is 2.41. The smallest absolute Gasteiger partial charge is 0.239 e. The Bertz CT molecular complexity index is 618. The number of halogens is 3. The summed E-state index contributed by atoms with van der Waals surface area (Å²) in [6.07, 6.45) is 1.43. The minimum Gasteiger partial charge on any atom is -0.337 e. The maximum atomic E-state index is 13.5. The summed E-state index contributed by atoms with van der Waals surface area (Å²) >= 11 is 0. The molecule has 1 aromatic carbocycles. The van der Waals surface area contributed by atoms with E-state index in [0.29, 0.717) is 11.6 Å². The van der Waals surface area contributed by atoms with E-state index in [2.05, 4.69) is 20.7 Å². The SMILES string of the molecule is Cc1cnc(NN)nc1Nc1cc(F)cc(F)c1F. The molecule has 0 unspecified atom stereocenters. The minimum absolute atomic E-state index is 0.0883. The Kier molecular flexibility index (Phi) is 3.52. The fourth-order valence-corrected chi connectivity index (χ4v) is 1.41. The lowest BCUT2D eigenvalue weighted by Crippen LogP contribution is -2.12. The molecule has 0 atom stereocenters. The molecule has 0 bridgehead atoms. The predicted molar refractivity (Wildman–Crippen MR) is 64.2 cm³/mol. The molecule has 0 spiro atoms. The van der Waals surface area contributed by atoms with Gasteiger partial charge < -0.3 is 5.32 Å². The molecular formula is C11H10F3N5. The third-order valence-electron chi connectivity index (χ3n) is 2.35. The molecule has 8 heteroatoms. The van der Waals surface area contributed by atoms with E-state index in [1.165, 1.54) is 6.20 Å². The topological polar surface area (TPSA) is 75.9 Å². The van der Waals surface area contributed by atoms with E-state index in [1.54, 1.807) is 6.92 Å². The normalized spacial score (nSPS) is 10.4. The van der Waals surface area contributed by atoms with Crippen LogP contribution >= 0.6 is 0 Å². The van der Waals surface area contributed by atoms with Crippen LogP contribution in [0.2, 0.25) is 0 Å². The third kappa shape index (κ3) is 2.74. The number of aromatic nitrogens is 2. The van der Waals surface area contributed by atoms with E-state index in [9.17, 15) is 13.2 Å². The average Bonchev–Trinajstić information content (AvgIpc) is 2.38. The van der Waals surface area contributed by atoms with Gasteiger partial charge in [0.2, 0.25) is 5.95 Å². The van der Waals surface area contributed by atoms with Crippen LogP contribution in [0.25, 0.3) is 0 Å². The molecule has 0 amide bonds. The fraction of sp³-hybridized carbons (Fsp3) is 0.0909. The predicted octanol–water partition coefficient (Wildman–Crippen LogP) is 2.23. The Morgan fingerprint density at radius 1 is 1.21 bits per heavy atom. The molecule has 100 valence electrons. The lowest BCUT2D eigenvalue weighted by Gasteiger charge is -2.10. The Hall–Kier alpha value is -2.35. The maximum absolute atomic E-state index is 13.5. The fourth-order valence-electron chi connectivity index (χ4n) is 1.41. The first kappa shape index (κ1) is 13.1. The molecular weight excluding hydrogens is 259 g/mol. The van der Waals surface area contributed by atoms with Crippen LogP contribution in [0.4, 0.5) is 30.6 Å². The molecule has 0 aliphatic carbocycles. The molecule has 0 radical (unpaired) electrons. The van der Waals surface area contributed by atoms with Gasteiger partial charge in [-0.05, 0) is 6.92 Å². The molecule has 2 aromatic rings. The van der Waals surface area contributed by atoms with Crippen molar-refractivity contribution in [2.75, 3.05) is 10.7 Å². The Morgan fingerprint density at radius 3 is 2.63 bits per heavy atom. The van der Waals surface area contributed by atoms with Crippen molar-refractivity contribution in [1.29, 1.82) is 0 Å². The van der Waals surface area contributed by atoms with Crippen LogP contribution in [0.15, 0.2) is 18.3 Å².